The number of aromatic nitrogens is 2. The van der Waals surface area contributed by atoms with Crippen LogP contribution >= 0.6 is 11.6 Å². The van der Waals surface area contributed by atoms with Gasteiger partial charge in [0.25, 0.3) is 0 Å². The number of ether oxygens (including phenoxy) is 2. The Labute approximate surface area is 167 Å². The molecule has 2 aromatic carbocycles. The Balaban J connectivity index is 1.93. The quantitative estimate of drug-likeness (QED) is 0.439. The first-order chi connectivity index (χ1) is 13.5. The summed E-state index contributed by atoms with van der Waals surface area (Å²) >= 11 is 5.87. The zero-order valence-corrected chi connectivity index (χ0v) is 16.3. The van der Waals surface area contributed by atoms with Gasteiger partial charge in [-0.3, -0.25) is 4.79 Å². The molecule has 0 radical (unpaired) electrons. The maximum absolute atomic E-state index is 12.6. The van der Waals surface area contributed by atoms with Crippen LogP contribution in [0, 0.1) is 0 Å². The molecule has 0 aliphatic heterocycles. The van der Waals surface area contributed by atoms with Gasteiger partial charge in [0.1, 0.15) is 18.0 Å². The lowest BCUT2D eigenvalue weighted by Gasteiger charge is -2.06. The monoisotopic (exact) mass is 398 g/mol. The summed E-state index contributed by atoms with van der Waals surface area (Å²) in [5.41, 5.74) is 2.06. The van der Waals surface area contributed by atoms with Crippen molar-refractivity contribution in [2.24, 2.45) is 0 Å². The highest BCUT2D eigenvalue weighted by molar-refractivity contribution is 6.30. The molecule has 0 bridgehead atoms. The number of ketones is 1. The highest BCUT2D eigenvalue weighted by Crippen LogP contribution is 2.23. The van der Waals surface area contributed by atoms with Crippen molar-refractivity contribution in [3.05, 3.63) is 70.9 Å². The van der Waals surface area contributed by atoms with Crippen LogP contribution in [-0.4, -0.2) is 35.2 Å². The Morgan fingerprint density at radius 1 is 1.07 bits per heavy atom. The molecule has 0 amide bonds. The first-order valence-electron chi connectivity index (χ1n) is 8.70. The van der Waals surface area contributed by atoms with Crippen molar-refractivity contribution in [2.75, 3.05) is 13.7 Å². The minimum absolute atomic E-state index is 0.0913. The molecular formula is C21H19ClN2O4. The molecule has 3 aromatic rings. The van der Waals surface area contributed by atoms with Gasteiger partial charge < -0.3 is 9.47 Å². The van der Waals surface area contributed by atoms with Gasteiger partial charge in [-0.1, -0.05) is 11.6 Å². The molecule has 6 nitrogen and oxygen atoms in total. The van der Waals surface area contributed by atoms with Gasteiger partial charge in [0.05, 0.1) is 19.4 Å². The third kappa shape index (κ3) is 4.40. The standard InChI is InChI=1S/C21H19ClN2O4/c1-3-28-21(26)19-12-18(14-6-10-17(27-2)11-7-14)23-24(19)13-20(25)15-4-8-16(22)9-5-15/h4-12H,3,13H2,1-2H3. The van der Waals surface area contributed by atoms with Crippen molar-refractivity contribution < 1.29 is 19.1 Å². The van der Waals surface area contributed by atoms with Crippen molar-refractivity contribution in [3.8, 4) is 17.0 Å². The molecule has 1 heterocycles. The number of Topliss-reactive ketones (excluding diaryl/α,β-unsaturated/α-hetero) is 1. The van der Waals surface area contributed by atoms with Crippen LogP contribution in [0.3, 0.4) is 0 Å². The summed E-state index contributed by atoms with van der Waals surface area (Å²) in [5, 5.41) is 5.00. The SMILES string of the molecule is CCOC(=O)c1cc(-c2ccc(OC)cc2)nn1CC(=O)c1ccc(Cl)cc1. The number of halogens is 1. The van der Waals surface area contributed by atoms with Gasteiger partial charge in [-0.25, -0.2) is 9.48 Å². The third-order valence-electron chi connectivity index (χ3n) is 4.11. The minimum atomic E-state index is -0.529. The summed E-state index contributed by atoms with van der Waals surface area (Å²) in [6.07, 6.45) is 0. The third-order valence-corrected chi connectivity index (χ3v) is 4.36. The average Bonchev–Trinajstić information content (AvgIpc) is 3.12. The summed E-state index contributed by atoms with van der Waals surface area (Å²) in [6, 6.07) is 15.5. The number of rotatable bonds is 7. The topological polar surface area (TPSA) is 70.4 Å². The van der Waals surface area contributed by atoms with Gasteiger partial charge >= 0.3 is 5.97 Å². The number of methoxy groups -OCH3 is 1. The van der Waals surface area contributed by atoms with Crippen LogP contribution in [0.25, 0.3) is 11.3 Å². The van der Waals surface area contributed by atoms with E-state index in [2.05, 4.69) is 5.10 Å². The molecule has 0 atom stereocenters. The fraction of sp³-hybridized carbons (Fsp3) is 0.190. The number of esters is 1. The van der Waals surface area contributed by atoms with Gasteiger partial charge in [0.2, 0.25) is 0 Å². The van der Waals surface area contributed by atoms with E-state index in [1.165, 1.54) is 4.68 Å². The van der Waals surface area contributed by atoms with Crippen molar-refractivity contribution in [3.63, 3.8) is 0 Å². The molecule has 0 saturated carbocycles. The maximum atomic E-state index is 12.6. The van der Waals surface area contributed by atoms with Gasteiger partial charge in [0, 0.05) is 16.1 Å². The second-order valence-electron chi connectivity index (χ2n) is 5.95. The minimum Gasteiger partial charge on any atom is -0.497 e. The molecule has 0 spiro atoms. The molecule has 0 aliphatic rings. The van der Waals surface area contributed by atoms with Crippen LogP contribution in [0.4, 0.5) is 0 Å². The molecule has 0 N–H and O–H groups in total. The highest BCUT2D eigenvalue weighted by Gasteiger charge is 2.20. The molecule has 3 rings (SSSR count). The normalized spacial score (nSPS) is 10.5. The lowest BCUT2D eigenvalue weighted by atomic mass is 10.1. The van der Waals surface area contributed by atoms with E-state index < -0.39 is 5.97 Å². The molecule has 7 heteroatoms. The predicted octanol–water partition coefficient (Wildman–Crippen LogP) is 4.27. The molecule has 0 saturated heterocycles. The van der Waals surface area contributed by atoms with Crippen molar-refractivity contribution in [1.29, 1.82) is 0 Å². The second-order valence-corrected chi connectivity index (χ2v) is 6.39. The maximum Gasteiger partial charge on any atom is 0.356 e. The average molecular weight is 399 g/mol. The zero-order chi connectivity index (χ0) is 20.1. The zero-order valence-electron chi connectivity index (χ0n) is 15.5. The van der Waals surface area contributed by atoms with Crippen LogP contribution in [0.5, 0.6) is 5.75 Å². The Bertz CT molecular complexity index is 979. The van der Waals surface area contributed by atoms with E-state index in [9.17, 15) is 9.59 Å². The summed E-state index contributed by atoms with van der Waals surface area (Å²) in [4.78, 5) is 25.0. The number of nitrogens with zero attached hydrogens (tertiary/aromatic N) is 2. The lowest BCUT2D eigenvalue weighted by Crippen LogP contribution is -2.18. The largest absolute Gasteiger partial charge is 0.497 e. The molecule has 144 valence electrons. The fourth-order valence-electron chi connectivity index (χ4n) is 2.67. The number of carbonyl (C=O) groups excluding carboxylic acids is 2. The molecular weight excluding hydrogens is 380 g/mol. The second kappa shape index (κ2) is 8.71. The summed E-state index contributed by atoms with van der Waals surface area (Å²) in [7, 11) is 1.59. The predicted molar refractivity (Wildman–Crippen MR) is 106 cm³/mol. The van der Waals surface area contributed by atoms with E-state index in [4.69, 9.17) is 21.1 Å². The van der Waals surface area contributed by atoms with Crippen LogP contribution < -0.4 is 4.74 Å². The van der Waals surface area contributed by atoms with Crippen LogP contribution in [-0.2, 0) is 11.3 Å². The Kier molecular flexibility index (Phi) is 6.11. The molecule has 0 aliphatic carbocycles. The number of benzene rings is 2. The van der Waals surface area contributed by atoms with E-state index in [1.54, 1.807) is 56.5 Å². The van der Waals surface area contributed by atoms with E-state index in [0.29, 0.717) is 22.0 Å². The molecule has 28 heavy (non-hydrogen) atoms. The molecule has 0 fully saturated rings. The van der Waals surface area contributed by atoms with Crippen LogP contribution in [0.15, 0.2) is 54.6 Å². The lowest BCUT2D eigenvalue weighted by molar-refractivity contribution is 0.0512. The van der Waals surface area contributed by atoms with Gasteiger partial charge in [-0.15, -0.1) is 0 Å². The van der Waals surface area contributed by atoms with E-state index in [1.807, 2.05) is 12.1 Å². The first-order valence-corrected chi connectivity index (χ1v) is 9.07. The first kappa shape index (κ1) is 19.6. The van der Waals surface area contributed by atoms with E-state index >= 15 is 0 Å². The van der Waals surface area contributed by atoms with E-state index in [0.717, 1.165) is 5.56 Å². The Morgan fingerprint density at radius 2 is 1.75 bits per heavy atom. The molecule has 0 unspecified atom stereocenters. The van der Waals surface area contributed by atoms with Gasteiger partial charge in [0.15, 0.2) is 5.78 Å². The Morgan fingerprint density at radius 3 is 2.36 bits per heavy atom. The van der Waals surface area contributed by atoms with Crippen molar-refractivity contribution in [2.45, 2.75) is 13.5 Å². The molecule has 1 aromatic heterocycles. The number of hydrogen-bond acceptors (Lipinski definition) is 5. The van der Waals surface area contributed by atoms with Crippen LogP contribution in [0.1, 0.15) is 27.8 Å². The van der Waals surface area contributed by atoms with E-state index in [-0.39, 0.29) is 24.6 Å². The fourth-order valence-corrected chi connectivity index (χ4v) is 2.80. The number of hydrogen-bond donors (Lipinski definition) is 0. The van der Waals surface area contributed by atoms with Crippen LogP contribution in [0.2, 0.25) is 5.02 Å². The van der Waals surface area contributed by atoms with Gasteiger partial charge in [-0.05, 0) is 61.5 Å². The Hall–Kier alpha value is -3.12. The smallest absolute Gasteiger partial charge is 0.356 e. The summed E-state index contributed by atoms with van der Waals surface area (Å²) in [6.45, 7) is 1.86. The summed E-state index contributed by atoms with van der Waals surface area (Å²) < 4.78 is 11.6. The van der Waals surface area contributed by atoms with Crippen molar-refractivity contribution >= 4 is 23.4 Å². The highest BCUT2D eigenvalue weighted by atomic mass is 35.5. The van der Waals surface area contributed by atoms with Crippen molar-refractivity contribution in [1.82, 2.24) is 9.78 Å². The summed E-state index contributed by atoms with van der Waals surface area (Å²) in [5.74, 6) is -0.00280. The number of carbonyl (C=O) groups is 2. The van der Waals surface area contributed by atoms with Gasteiger partial charge in [-0.2, -0.15) is 5.10 Å².